The van der Waals surface area contributed by atoms with Gasteiger partial charge < -0.3 is 14.2 Å². The first-order valence-electron chi connectivity index (χ1n) is 5.45. The summed E-state index contributed by atoms with van der Waals surface area (Å²) in [5, 5.41) is 0. The van der Waals surface area contributed by atoms with Gasteiger partial charge in [0, 0.05) is 0 Å². The van der Waals surface area contributed by atoms with Crippen molar-refractivity contribution < 1.29 is 19.0 Å². The molecule has 0 spiro atoms. The molecule has 0 unspecified atom stereocenters. The molecule has 0 N–H and O–H groups in total. The number of hydrogen-bond donors (Lipinski definition) is 0. The summed E-state index contributed by atoms with van der Waals surface area (Å²) in [5.74, 6) is 0.572. The third-order valence-corrected chi connectivity index (χ3v) is 3.22. The predicted octanol–water partition coefficient (Wildman–Crippen LogP) is 1.44. The molecule has 0 bridgehead atoms. The number of esters is 1. The molecule has 1 fully saturated rings. The second-order valence-corrected chi connectivity index (χ2v) is 4.25. The van der Waals surface area contributed by atoms with Gasteiger partial charge in [0.15, 0.2) is 0 Å². The second-order valence-electron chi connectivity index (χ2n) is 4.25. The minimum Gasteiger partial charge on any atom is -0.496 e. The molecule has 17 heavy (non-hydrogen) atoms. The summed E-state index contributed by atoms with van der Waals surface area (Å²) < 4.78 is 15.2. The van der Waals surface area contributed by atoms with E-state index < -0.39 is 5.41 Å². The van der Waals surface area contributed by atoms with Crippen LogP contribution in [0.15, 0.2) is 18.2 Å². The Bertz CT molecular complexity index is 435. The molecule has 1 aliphatic heterocycles. The van der Waals surface area contributed by atoms with Gasteiger partial charge in [-0.05, 0) is 24.1 Å². The van der Waals surface area contributed by atoms with Crippen molar-refractivity contribution in [3.63, 3.8) is 0 Å². The number of ether oxygens (including phenoxy) is 3. The van der Waals surface area contributed by atoms with E-state index in [4.69, 9.17) is 14.2 Å². The normalized spacial score (nSPS) is 17.1. The maximum Gasteiger partial charge on any atom is 0.321 e. The summed E-state index contributed by atoms with van der Waals surface area (Å²) in [6.07, 6.45) is 0. The number of aryl methyl sites for hydroxylation is 1. The summed E-state index contributed by atoms with van der Waals surface area (Å²) in [6, 6.07) is 5.72. The average Bonchev–Trinajstić information content (AvgIpc) is 2.27. The molecular weight excluding hydrogens is 220 g/mol. The Morgan fingerprint density at radius 2 is 2.06 bits per heavy atom. The summed E-state index contributed by atoms with van der Waals surface area (Å²) in [7, 11) is 3.03. The van der Waals surface area contributed by atoms with Crippen molar-refractivity contribution in [3.05, 3.63) is 29.3 Å². The van der Waals surface area contributed by atoms with Crippen molar-refractivity contribution in [1.29, 1.82) is 0 Å². The molecule has 1 saturated heterocycles. The minimum atomic E-state index is -0.633. The van der Waals surface area contributed by atoms with Crippen LogP contribution in [0.3, 0.4) is 0 Å². The van der Waals surface area contributed by atoms with Gasteiger partial charge in [0.25, 0.3) is 0 Å². The highest BCUT2D eigenvalue weighted by Crippen LogP contribution is 2.35. The minimum absolute atomic E-state index is 0.242. The standard InChI is InChI=1S/C13H16O4/c1-9-6-10(4-5-11(9)15-2)13(7-17-8-13)12(14)16-3/h4-6H,7-8H2,1-3H3. The first-order chi connectivity index (χ1) is 8.14. The number of carbonyl (C=O) groups excluding carboxylic acids is 1. The molecule has 92 valence electrons. The highest BCUT2D eigenvalue weighted by Gasteiger charge is 2.48. The van der Waals surface area contributed by atoms with E-state index in [9.17, 15) is 4.79 Å². The Morgan fingerprint density at radius 1 is 1.35 bits per heavy atom. The van der Waals surface area contributed by atoms with Gasteiger partial charge in [-0.25, -0.2) is 0 Å². The zero-order valence-corrected chi connectivity index (χ0v) is 10.3. The van der Waals surface area contributed by atoms with Gasteiger partial charge >= 0.3 is 5.97 Å². The van der Waals surface area contributed by atoms with Crippen LogP contribution in [0.5, 0.6) is 5.75 Å². The smallest absolute Gasteiger partial charge is 0.321 e. The fraction of sp³-hybridized carbons (Fsp3) is 0.462. The topological polar surface area (TPSA) is 44.8 Å². The largest absolute Gasteiger partial charge is 0.496 e. The molecule has 0 aliphatic carbocycles. The maximum atomic E-state index is 11.8. The summed E-state index contributed by atoms with van der Waals surface area (Å²) in [5.41, 5.74) is 1.29. The van der Waals surface area contributed by atoms with Crippen molar-refractivity contribution in [2.45, 2.75) is 12.3 Å². The Hall–Kier alpha value is -1.55. The summed E-state index contributed by atoms with van der Waals surface area (Å²) in [6.45, 7) is 2.71. The van der Waals surface area contributed by atoms with E-state index in [-0.39, 0.29) is 5.97 Å². The average molecular weight is 236 g/mol. The van der Waals surface area contributed by atoms with E-state index >= 15 is 0 Å². The van der Waals surface area contributed by atoms with Crippen LogP contribution < -0.4 is 4.74 Å². The lowest BCUT2D eigenvalue weighted by Crippen LogP contribution is -2.53. The SMILES string of the molecule is COC(=O)C1(c2ccc(OC)c(C)c2)COC1. The molecular formula is C13H16O4. The fourth-order valence-electron chi connectivity index (χ4n) is 2.08. The van der Waals surface area contributed by atoms with Crippen LogP contribution in [0, 0.1) is 6.92 Å². The van der Waals surface area contributed by atoms with Gasteiger partial charge in [0.2, 0.25) is 0 Å². The van der Waals surface area contributed by atoms with E-state index in [2.05, 4.69) is 0 Å². The number of methoxy groups -OCH3 is 2. The van der Waals surface area contributed by atoms with E-state index in [0.717, 1.165) is 16.9 Å². The van der Waals surface area contributed by atoms with Crippen molar-refractivity contribution in [1.82, 2.24) is 0 Å². The Labute approximate surface area is 100 Å². The Morgan fingerprint density at radius 3 is 2.47 bits per heavy atom. The summed E-state index contributed by atoms with van der Waals surface area (Å²) in [4.78, 5) is 11.8. The molecule has 1 aromatic carbocycles. The fourth-order valence-corrected chi connectivity index (χ4v) is 2.08. The molecule has 0 amide bonds. The zero-order valence-electron chi connectivity index (χ0n) is 10.3. The van der Waals surface area contributed by atoms with Gasteiger partial charge in [-0.15, -0.1) is 0 Å². The molecule has 0 radical (unpaired) electrons. The van der Waals surface area contributed by atoms with Crippen molar-refractivity contribution in [2.24, 2.45) is 0 Å². The molecule has 0 aromatic heterocycles. The van der Waals surface area contributed by atoms with Crippen molar-refractivity contribution in [3.8, 4) is 5.75 Å². The third-order valence-electron chi connectivity index (χ3n) is 3.22. The zero-order chi connectivity index (χ0) is 12.5. The van der Waals surface area contributed by atoms with Crippen LogP contribution >= 0.6 is 0 Å². The van der Waals surface area contributed by atoms with E-state index in [0.29, 0.717) is 13.2 Å². The Balaban J connectivity index is 2.38. The molecule has 1 aliphatic rings. The lowest BCUT2D eigenvalue weighted by Gasteiger charge is -2.39. The number of hydrogen-bond acceptors (Lipinski definition) is 4. The first kappa shape index (κ1) is 11.9. The van der Waals surface area contributed by atoms with Crippen LogP contribution in [-0.2, 0) is 19.7 Å². The quantitative estimate of drug-likeness (QED) is 0.745. The monoisotopic (exact) mass is 236 g/mol. The maximum absolute atomic E-state index is 11.8. The van der Waals surface area contributed by atoms with E-state index in [1.807, 2.05) is 25.1 Å². The van der Waals surface area contributed by atoms with Gasteiger partial charge in [0.05, 0.1) is 27.4 Å². The third kappa shape index (κ3) is 1.78. The van der Waals surface area contributed by atoms with Crippen molar-refractivity contribution in [2.75, 3.05) is 27.4 Å². The van der Waals surface area contributed by atoms with E-state index in [1.54, 1.807) is 7.11 Å². The second kappa shape index (κ2) is 4.37. The molecule has 1 aromatic rings. The highest BCUT2D eigenvalue weighted by atomic mass is 16.5. The molecule has 0 atom stereocenters. The van der Waals surface area contributed by atoms with Crippen LogP contribution in [0.25, 0.3) is 0 Å². The van der Waals surface area contributed by atoms with Crippen LogP contribution in [0.1, 0.15) is 11.1 Å². The predicted molar refractivity (Wildman–Crippen MR) is 62.2 cm³/mol. The molecule has 4 nitrogen and oxygen atoms in total. The van der Waals surface area contributed by atoms with Crippen LogP contribution in [-0.4, -0.2) is 33.4 Å². The number of carbonyl (C=O) groups is 1. The van der Waals surface area contributed by atoms with Gasteiger partial charge in [-0.1, -0.05) is 12.1 Å². The molecule has 0 saturated carbocycles. The van der Waals surface area contributed by atoms with Gasteiger partial charge in [-0.2, -0.15) is 0 Å². The number of benzene rings is 1. The van der Waals surface area contributed by atoms with Gasteiger partial charge in [0.1, 0.15) is 11.2 Å². The van der Waals surface area contributed by atoms with Gasteiger partial charge in [-0.3, -0.25) is 4.79 Å². The lowest BCUT2D eigenvalue weighted by atomic mass is 9.78. The number of rotatable bonds is 3. The summed E-state index contributed by atoms with van der Waals surface area (Å²) >= 11 is 0. The lowest BCUT2D eigenvalue weighted by molar-refractivity contribution is -0.166. The molecule has 2 rings (SSSR count). The Kier molecular flexibility index (Phi) is 3.07. The van der Waals surface area contributed by atoms with Crippen molar-refractivity contribution >= 4 is 5.97 Å². The van der Waals surface area contributed by atoms with Crippen LogP contribution in [0.4, 0.5) is 0 Å². The first-order valence-corrected chi connectivity index (χ1v) is 5.45. The molecule has 1 heterocycles. The van der Waals surface area contributed by atoms with E-state index in [1.165, 1.54) is 7.11 Å². The highest BCUT2D eigenvalue weighted by molar-refractivity contribution is 5.84. The molecule has 4 heteroatoms. The van der Waals surface area contributed by atoms with Crippen LogP contribution in [0.2, 0.25) is 0 Å².